The molecule has 0 radical (unpaired) electrons. The molecule has 0 unspecified atom stereocenters. The van der Waals surface area contributed by atoms with Crippen molar-refractivity contribution in [1.82, 2.24) is 19.4 Å². The summed E-state index contributed by atoms with van der Waals surface area (Å²) in [5.41, 5.74) is 1.37. The third-order valence-corrected chi connectivity index (χ3v) is 8.33. The molecule has 2 aromatic carbocycles. The molecule has 2 heterocycles. The van der Waals surface area contributed by atoms with E-state index in [0.29, 0.717) is 25.2 Å². The molecule has 0 saturated carbocycles. The van der Waals surface area contributed by atoms with Gasteiger partial charge < -0.3 is 18.9 Å². The molecule has 10 nitrogen and oxygen atoms in total. The van der Waals surface area contributed by atoms with Crippen molar-refractivity contribution in [1.29, 1.82) is 0 Å². The van der Waals surface area contributed by atoms with E-state index in [0.717, 1.165) is 5.56 Å². The van der Waals surface area contributed by atoms with Gasteiger partial charge in [-0.15, -0.1) is 0 Å². The SMILES string of the molecule is CO[C@H]1CN(C)C(=O)c2ccc(NS(=O)(=O)c3cn(C)cn3)cc2OC[C@H](C)N(Cc2cccc(F)c2)C[C@H]1C. The fraction of sp³-hybridized carbons (Fsp3) is 0.429. The van der Waals surface area contributed by atoms with Crippen LogP contribution in [0.4, 0.5) is 10.1 Å². The van der Waals surface area contributed by atoms with Crippen LogP contribution in [0.3, 0.4) is 0 Å². The van der Waals surface area contributed by atoms with E-state index in [4.69, 9.17) is 9.47 Å². The summed E-state index contributed by atoms with van der Waals surface area (Å²) in [6.45, 7) is 5.73. The molecule has 3 aromatic rings. The van der Waals surface area contributed by atoms with Gasteiger partial charge in [0.25, 0.3) is 15.9 Å². The lowest BCUT2D eigenvalue weighted by Gasteiger charge is -2.36. The number of methoxy groups -OCH3 is 1. The molecule has 1 aliphatic rings. The molecule has 216 valence electrons. The molecule has 0 spiro atoms. The van der Waals surface area contributed by atoms with Crippen molar-refractivity contribution in [2.75, 3.05) is 38.6 Å². The number of nitrogens with one attached hydrogen (secondary N) is 1. The number of benzene rings is 2. The predicted octanol–water partition coefficient (Wildman–Crippen LogP) is 3.37. The molecule has 40 heavy (non-hydrogen) atoms. The Morgan fingerprint density at radius 3 is 2.60 bits per heavy atom. The zero-order valence-electron chi connectivity index (χ0n) is 23.4. The van der Waals surface area contributed by atoms with Crippen molar-refractivity contribution in [2.45, 2.75) is 37.6 Å². The highest BCUT2D eigenvalue weighted by Crippen LogP contribution is 2.28. The minimum absolute atomic E-state index is 0.0542. The topological polar surface area (TPSA) is 106 Å². The molecule has 1 amide bonds. The first-order valence-corrected chi connectivity index (χ1v) is 14.5. The van der Waals surface area contributed by atoms with Crippen LogP contribution in [0.5, 0.6) is 5.75 Å². The number of rotatable bonds is 6. The highest BCUT2D eigenvalue weighted by Gasteiger charge is 2.29. The molecule has 1 aromatic heterocycles. The minimum atomic E-state index is -3.95. The van der Waals surface area contributed by atoms with Gasteiger partial charge in [-0.05, 0) is 42.7 Å². The highest BCUT2D eigenvalue weighted by molar-refractivity contribution is 7.92. The third-order valence-electron chi connectivity index (χ3n) is 7.06. The van der Waals surface area contributed by atoms with Crippen LogP contribution in [0.15, 0.2) is 60.0 Å². The highest BCUT2D eigenvalue weighted by atomic mass is 32.2. The summed E-state index contributed by atoms with van der Waals surface area (Å²) in [6, 6.07) is 11.0. The molecule has 3 atom stereocenters. The molecule has 0 fully saturated rings. The summed E-state index contributed by atoms with van der Waals surface area (Å²) < 4.78 is 55.7. The zero-order chi connectivity index (χ0) is 29.0. The average molecular weight is 574 g/mol. The molecule has 1 aliphatic heterocycles. The number of anilines is 1. The normalized spacial score (nSPS) is 21.2. The van der Waals surface area contributed by atoms with E-state index in [1.54, 1.807) is 38.2 Å². The van der Waals surface area contributed by atoms with E-state index in [1.165, 1.54) is 41.4 Å². The minimum Gasteiger partial charge on any atom is -0.491 e. The molecule has 1 N–H and O–H groups in total. The molecule has 12 heteroatoms. The first kappa shape index (κ1) is 29.5. The number of aromatic nitrogens is 2. The average Bonchev–Trinajstić information content (AvgIpc) is 3.36. The Kier molecular flexibility index (Phi) is 9.12. The van der Waals surface area contributed by atoms with Gasteiger partial charge in [0.05, 0.1) is 23.7 Å². The first-order valence-electron chi connectivity index (χ1n) is 13.0. The number of likely N-dealkylation sites (N-methyl/N-ethyl adjacent to an activating group) is 1. The van der Waals surface area contributed by atoms with Gasteiger partial charge >= 0.3 is 0 Å². The van der Waals surface area contributed by atoms with Crippen molar-refractivity contribution in [3.8, 4) is 5.75 Å². The predicted molar refractivity (Wildman–Crippen MR) is 149 cm³/mol. The molecule has 0 aliphatic carbocycles. The first-order chi connectivity index (χ1) is 19.0. The van der Waals surface area contributed by atoms with Crippen LogP contribution in [0.2, 0.25) is 0 Å². The van der Waals surface area contributed by atoms with E-state index in [1.807, 2.05) is 13.0 Å². The van der Waals surface area contributed by atoms with E-state index in [9.17, 15) is 17.6 Å². The number of carbonyl (C=O) groups is 1. The second-order valence-corrected chi connectivity index (χ2v) is 12.0. The van der Waals surface area contributed by atoms with E-state index >= 15 is 0 Å². The van der Waals surface area contributed by atoms with E-state index < -0.39 is 10.0 Å². The van der Waals surface area contributed by atoms with Gasteiger partial charge in [0.15, 0.2) is 5.03 Å². The summed E-state index contributed by atoms with van der Waals surface area (Å²) >= 11 is 0. The lowest BCUT2D eigenvalue weighted by molar-refractivity contribution is 0.00920. The monoisotopic (exact) mass is 573 g/mol. The number of hydrogen-bond acceptors (Lipinski definition) is 7. The van der Waals surface area contributed by atoms with Gasteiger partial charge in [0.2, 0.25) is 0 Å². The smallest absolute Gasteiger partial charge is 0.280 e. The molecular weight excluding hydrogens is 537 g/mol. The largest absolute Gasteiger partial charge is 0.491 e. The fourth-order valence-electron chi connectivity index (χ4n) is 4.74. The van der Waals surface area contributed by atoms with Crippen molar-refractivity contribution in [2.24, 2.45) is 13.0 Å². The van der Waals surface area contributed by atoms with Gasteiger partial charge in [0.1, 0.15) is 18.2 Å². The Morgan fingerprint density at radius 2 is 1.93 bits per heavy atom. The number of sulfonamides is 1. The Hall–Kier alpha value is -3.48. The standard InChI is InChI=1S/C28H36FN5O5S/c1-19-13-34(14-21-7-6-8-22(29)11-21)20(2)17-39-25-12-23(31-40(36,37)27-16-32(3)18-30-27)9-10-24(25)28(35)33(4)15-26(19)38-5/h6-12,16,18-20,26,31H,13-15,17H2,1-5H3/t19-,20+,26+/m1/s1. The fourth-order valence-corrected chi connectivity index (χ4v) is 5.77. The summed E-state index contributed by atoms with van der Waals surface area (Å²) in [5.74, 6) is -0.265. The third kappa shape index (κ3) is 6.98. The van der Waals surface area contributed by atoms with Gasteiger partial charge in [-0.2, -0.15) is 8.42 Å². The zero-order valence-corrected chi connectivity index (χ0v) is 24.2. The number of aryl methyl sites for hydroxylation is 1. The summed E-state index contributed by atoms with van der Waals surface area (Å²) in [5, 5.41) is -0.124. The summed E-state index contributed by atoms with van der Waals surface area (Å²) in [4.78, 5) is 21.1. The van der Waals surface area contributed by atoms with Gasteiger partial charge in [-0.3, -0.25) is 14.4 Å². The number of halogens is 1. The maximum Gasteiger partial charge on any atom is 0.280 e. The number of amides is 1. The lowest BCUT2D eigenvalue weighted by atomic mass is 10.0. The van der Waals surface area contributed by atoms with Crippen LogP contribution in [-0.4, -0.2) is 79.7 Å². The van der Waals surface area contributed by atoms with Crippen LogP contribution in [0.25, 0.3) is 0 Å². The Morgan fingerprint density at radius 1 is 1.15 bits per heavy atom. The maximum atomic E-state index is 13.9. The van der Waals surface area contributed by atoms with Crippen molar-refractivity contribution in [3.05, 3.63) is 71.9 Å². The van der Waals surface area contributed by atoms with Crippen molar-refractivity contribution in [3.63, 3.8) is 0 Å². The molecule has 4 rings (SSSR count). The van der Waals surface area contributed by atoms with Crippen LogP contribution in [0.1, 0.15) is 29.8 Å². The Labute approximate surface area is 234 Å². The number of hydrogen-bond donors (Lipinski definition) is 1. The number of ether oxygens (including phenoxy) is 2. The van der Waals surface area contributed by atoms with Gasteiger partial charge in [-0.1, -0.05) is 19.1 Å². The number of nitrogens with zero attached hydrogens (tertiary/aromatic N) is 4. The van der Waals surface area contributed by atoms with E-state index in [-0.39, 0.29) is 52.9 Å². The molecule has 0 bridgehead atoms. The Bertz CT molecular complexity index is 1450. The van der Waals surface area contributed by atoms with Crippen LogP contribution in [0, 0.1) is 11.7 Å². The van der Waals surface area contributed by atoms with Gasteiger partial charge in [0, 0.05) is 59.1 Å². The number of fused-ring (bicyclic) bond motifs is 1. The number of carbonyl (C=O) groups excluding carboxylic acids is 1. The second-order valence-electron chi connectivity index (χ2n) is 10.4. The molecular formula is C28H36FN5O5S. The summed E-state index contributed by atoms with van der Waals surface area (Å²) in [7, 11) is 1.06. The van der Waals surface area contributed by atoms with Gasteiger partial charge in [-0.25, -0.2) is 9.37 Å². The lowest BCUT2D eigenvalue weighted by Crippen LogP contribution is -2.46. The van der Waals surface area contributed by atoms with Crippen molar-refractivity contribution >= 4 is 21.6 Å². The summed E-state index contributed by atoms with van der Waals surface area (Å²) in [6.07, 6.45) is 2.55. The van der Waals surface area contributed by atoms with Crippen LogP contribution >= 0.6 is 0 Å². The molecule has 0 saturated heterocycles. The maximum absolute atomic E-state index is 13.9. The van der Waals surface area contributed by atoms with Crippen LogP contribution in [-0.2, 0) is 28.4 Å². The van der Waals surface area contributed by atoms with Crippen LogP contribution < -0.4 is 9.46 Å². The Balaban J connectivity index is 1.66. The van der Waals surface area contributed by atoms with Crippen molar-refractivity contribution < 1.29 is 27.1 Å². The van der Waals surface area contributed by atoms with E-state index in [2.05, 4.69) is 21.5 Å². The quantitative estimate of drug-likeness (QED) is 0.482. The second kappa shape index (κ2) is 12.4. The number of imidazole rings is 1.